The third-order valence-corrected chi connectivity index (χ3v) is 7.91. The molecule has 6 nitrogen and oxygen atoms in total. The predicted molar refractivity (Wildman–Crippen MR) is 177 cm³/mol. The first-order chi connectivity index (χ1) is 21.0. The smallest absolute Gasteiger partial charge is 0.316 e. The molecule has 0 aliphatic rings. The number of aromatic nitrogens is 2. The summed E-state index contributed by atoms with van der Waals surface area (Å²) >= 11 is 0. The van der Waals surface area contributed by atoms with E-state index < -0.39 is 11.4 Å². The lowest BCUT2D eigenvalue weighted by atomic mass is 9.73. The van der Waals surface area contributed by atoms with E-state index in [1.165, 1.54) is 0 Å². The number of ether oxygens (including phenoxy) is 2. The molecule has 0 aliphatic carbocycles. The highest BCUT2D eigenvalue weighted by Crippen LogP contribution is 2.38. The van der Waals surface area contributed by atoms with Crippen LogP contribution in [0.5, 0.6) is 11.5 Å². The molecule has 0 fully saturated rings. The molecule has 2 aromatic heterocycles. The van der Waals surface area contributed by atoms with Crippen LogP contribution < -0.4 is 9.47 Å². The topological polar surface area (TPSA) is 81.5 Å². The van der Waals surface area contributed by atoms with Crippen LogP contribution in [0, 0.1) is 0 Å². The number of hydrogen-bond acceptors (Lipinski definition) is 5. The SMILES string of the molecule is CC(CCC(=O)O)(c1ccc(OCc2ccc3ccccc3n2)cc1)c1ccc(OCc2ccc3ccccc3n2)cc1.[MgH2]. The number of aliphatic carboxylic acids is 1. The molecule has 0 atom stereocenters. The summed E-state index contributed by atoms with van der Waals surface area (Å²) in [6.07, 6.45) is 0.499. The Morgan fingerprint density at radius 2 is 1.07 bits per heavy atom. The summed E-state index contributed by atoms with van der Waals surface area (Å²) in [6, 6.07) is 39.9. The summed E-state index contributed by atoms with van der Waals surface area (Å²) in [6.45, 7) is 2.80. The van der Waals surface area contributed by atoms with Crippen LogP contribution in [0.25, 0.3) is 21.8 Å². The van der Waals surface area contributed by atoms with E-state index in [2.05, 4.69) is 29.0 Å². The van der Waals surface area contributed by atoms with Crippen LogP contribution in [0.1, 0.15) is 42.3 Å². The van der Waals surface area contributed by atoms with Crippen molar-refractivity contribution in [2.75, 3.05) is 0 Å². The van der Waals surface area contributed by atoms with Gasteiger partial charge in [-0.2, -0.15) is 0 Å². The molecule has 4 aromatic carbocycles. The van der Waals surface area contributed by atoms with Gasteiger partial charge < -0.3 is 14.6 Å². The number of nitrogens with zero attached hydrogens (tertiary/aromatic N) is 2. The third-order valence-electron chi connectivity index (χ3n) is 7.91. The summed E-state index contributed by atoms with van der Waals surface area (Å²) in [7, 11) is 0. The summed E-state index contributed by atoms with van der Waals surface area (Å²) in [5.74, 6) is 0.632. The molecule has 1 N–H and O–H groups in total. The molecule has 0 amide bonds. The van der Waals surface area contributed by atoms with E-state index in [1.807, 2.05) is 109 Å². The minimum Gasteiger partial charge on any atom is -0.487 e. The van der Waals surface area contributed by atoms with Crippen molar-refractivity contribution in [2.45, 2.75) is 38.4 Å². The van der Waals surface area contributed by atoms with Gasteiger partial charge in [-0.1, -0.05) is 79.7 Å². The van der Waals surface area contributed by atoms with Crippen LogP contribution in [0.3, 0.4) is 0 Å². The Morgan fingerprint density at radius 3 is 1.50 bits per heavy atom. The highest BCUT2D eigenvalue weighted by atomic mass is 24.3. The van der Waals surface area contributed by atoms with Gasteiger partial charge >= 0.3 is 29.0 Å². The van der Waals surface area contributed by atoms with Gasteiger partial charge in [0, 0.05) is 22.6 Å². The van der Waals surface area contributed by atoms with E-state index >= 15 is 0 Å². The Hall–Kier alpha value is -4.46. The maximum atomic E-state index is 11.6. The fourth-order valence-electron chi connectivity index (χ4n) is 5.34. The van der Waals surface area contributed by atoms with Crippen molar-refractivity contribution >= 4 is 50.8 Å². The molecule has 0 unspecified atom stereocenters. The maximum Gasteiger partial charge on any atom is 0.316 e. The van der Waals surface area contributed by atoms with Gasteiger partial charge in [0.05, 0.1) is 22.4 Å². The maximum absolute atomic E-state index is 11.6. The van der Waals surface area contributed by atoms with Crippen LogP contribution in [0.15, 0.2) is 121 Å². The molecule has 44 heavy (non-hydrogen) atoms. The zero-order valence-corrected chi connectivity index (χ0v) is 23.9. The fraction of sp³-hybridized carbons (Fsp3) is 0.162. The average Bonchev–Trinajstić information content (AvgIpc) is 3.05. The van der Waals surface area contributed by atoms with E-state index in [-0.39, 0.29) is 29.5 Å². The highest BCUT2D eigenvalue weighted by molar-refractivity contribution is 5.79. The molecule has 218 valence electrons. The number of benzene rings is 4. The molecule has 0 aliphatic heterocycles. The average molecular weight is 595 g/mol. The molecule has 6 rings (SSSR count). The first-order valence-corrected chi connectivity index (χ1v) is 14.3. The van der Waals surface area contributed by atoms with Crippen LogP contribution in [-0.2, 0) is 23.4 Å². The monoisotopic (exact) mass is 594 g/mol. The lowest BCUT2D eigenvalue weighted by molar-refractivity contribution is -0.137. The molecular weight excluding hydrogens is 561 g/mol. The van der Waals surface area contributed by atoms with E-state index in [9.17, 15) is 9.90 Å². The zero-order valence-electron chi connectivity index (χ0n) is 23.9. The Kier molecular flexibility index (Phi) is 9.77. The highest BCUT2D eigenvalue weighted by Gasteiger charge is 2.30. The Bertz CT molecular complexity index is 1750. The van der Waals surface area contributed by atoms with Crippen molar-refractivity contribution < 1.29 is 19.4 Å². The van der Waals surface area contributed by atoms with Crippen molar-refractivity contribution in [1.29, 1.82) is 0 Å². The van der Waals surface area contributed by atoms with Crippen LogP contribution in [-0.4, -0.2) is 44.1 Å². The van der Waals surface area contributed by atoms with Crippen molar-refractivity contribution in [3.8, 4) is 11.5 Å². The quantitative estimate of drug-likeness (QED) is 0.160. The van der Waals surface area contributed by atoms with E-state index in [1.54, 1.807) is 0 Å². The number of carboxylic acid groups (broad SMARTS) is 1. The Morgan fingerprint density at radius 1 is 0.636 bits per heavy atom. The van der Waals surface area contributed by atoms with Gasteiger partial charge in [0.15, 0.2) is 0 Å². The molecule has 0 radical (unpaired) electrons. The first-order valence-electron chi connectivity index (χ1n) is 14.3. The van der Waals surface area contributed by atoms with Gasteiger partial charge in [0.25, 0.3) is 0 Å². The van der Waals surface area contributed by atoms with E-state index in [4.69, 9.17) is 9.47 Å². The lowest BCUT2D eigenvalue weighted by Crippen LogP contribution is -2.25. The Balaban J connectivity index is 0.00000384. The van der Waals surface area contributed by atoms with Gasteiger partial charge in [-0.05, 0) is 66.1 Å². The molecular formula is C37H34MgN2O4. The summed E-state index contributed by atoms with van der Waals surface area (Å²) in [4.78, 5) is 20.9. The largest absolute Gasteiger partial charge is 0.487 e. The first kappa shape index (κ1) is 31.0. The molecule has 0 spiro atoms. The summed E-state index contributed by atoms with van der Waals surface area (Å²) in [5, 5.41) is 11.7. The summed E-state index contributed by atoms with van der Waals surface area (Å²) in [5.41, 5.74) is 5.10. The van der Waals surface area contributed by atoms with Crippen molar-refractivity contribution in [3.63, 3.8) is 0 Å². The van der Waals surface area contributed by atoms with Crippen molar-refractivity contribution in [2.24, 2.45) is 0 Å². The van der Waals surface area contributed by atoms with Gasteiger partial charge in [-0.25, -0.2) is 9.97 Å². The Labute approximate surface area is 272 Å². The van der Waals surface area contributed by atoms with Crippen molar-refractivity contribution in [1.82, 2.24) is 9.97 Å². The number of rotatable bonds is 11. The summed E-state index contributed by atoms with van der Waals surface area (Å²) < 4.78 is 12.1. The lowest BCUT2D eigenvalue weighted by Gasteiger charge is -2.31. The number of hydrogen-bond donors (Lipinski definition) is 1. The van der Waals surface area contributed by atoms with Crippen LogP contribution >= 0.6 is 0 Å². The second kappa shape index (κ2) is 13.9. The van der Waals surface area contributed by atoms with E-state index in [0.717, 1.165) is 55.8 Å². The van der Waals surface area contributed by atoms with E-state index in [0.29, 0.717) is 19.6 Å². The molecule has 0 bridgehead atoms. The van der Waals surface area contributed by atoms with Gasteiger partial charge in [-0.3, -0.25) is 4.79 Å². The fourth-order valence-corrected chi connectivity index (χ4v) is 5.34. The number of carboxylic acids is 1. The third kappa shape index (κ3) is 7.18. The van der Waals surface area contributed by atoms with Crippen LogP contribution in [0.2, 0.25) is 0 Å². The second-order valence-electron chi connectivity index (χ2n) is 10.8. The minimum atomic E-state index is -0.822. The number of pyridine rings is 2. The second-order valence-corrected chi connectivity index (χ2v) is 10.8. The number of para-hydroxylation sites is 2. The molecule has 7 heteroatoms. The van der Waals surface area contributed by atoms with Gasteiger partial charge in [-0.15, -0.1) is 0 Å². The predicted octanol–water partition coefficient (Wildman–Crippen LogP) is 7.20. The van der Waals surface area contributed by atoms with Gasteiger partial charge in [0.2, 0.25) is 0 Å². The van der Waals surface area contributed by atoms with Crippen LogP contribution in [0.4, 0.5) is 0 Å². The normalized spacial score (nSPS) is 11.2. The molecule has 2 heterocycles. The van der Waals surface area contributed by atoms with Crippen molar-refractivity contribution in [3.05, 3.63) is 144 Å². The molecule has 6 aromatic rings. The number of fused-ring (bicyclic) bond motifs is 2. The molecule has 0 saturated heterocycles. The van der Waals surface area contributed by atoms with Gasteiger partial charge in [0.1, 0.15) is 24.7 Å². The zero-order chi connectivity index (χ0) is 29.6. The minimum absolute atomic E-state index is 0. The number of carbonyl (C=O) groups is 1. The molecule has 0 saturated carbocycles. The standard InChI is InChI=1S/C37H32N2O4.Mg.2H/c1-37(23-22-36(40)41,28-12-18-32(19-13-28)42-24-30-16-10-26-6-2-4-8-34(26)38-30)29-14-20-33(21-15-29)43-25-31-17-11-27-7-3-5-9-35(27)39-31;;;/h2-21H,22-25H2,1H3,(H,40,41);;;.